The number of hydrogen-bond donors (Lipinski definition) is 0. The van der Waals surface area contributed by atoms with Crippen LogP contribution in [0.4, 0.5) is 0 Å². The molecule has 3 nitrogen and oxygen atoms in total. The molecule has 1 aromatic carbocycles. The molecule has 0 fully saturated rings. The molecule has 86 valence electrons. The van der Waals surface area contributed by atoms with Gasteiger partial charge in [0.25, 0.3) is 5.56 Å². The minimum absolute atomic E-state index is 0.142. The van der Waals surface area contributed by atoms with Crippen LogP contribution in [0.1, 0.15) is 25.3 Å². The average molecular weight is 226 g/mol. The number of rotatable bonds is 1. The molecule has 1 unspecified atom stereocenters. The summed E-state index contributed by atoms with van der Waals surface area (Å²) < 4.78 is 2.10. The maximum atomic E-state index is 11.7. The van der Waals surface area contributed by atoms with Crippen LogP contribution in [0, 0.1) is 0 Å². The number of nitrogens with zero attached hydrogens (tertiary/aromatic N) is 2. The van der Waals surface area contributed by atoms with Crippen molar-refractivity contribution in [2.45, 2.75) is 25.3 Å². The third-order valence-corrected chi connectivity index (χ3v) is 3.30. The predicted octanol–water partition coefficient (Wildman–Crippen LogP) is 2.68. The number of aromatic nitrogens is 2. The maximum absolute atomic E-state index is 11.7. The topological polar surface area (TPSA) is 34.9 Å². The second-order valence-corrected chi connectivity index (χ2v) is 4.40. The summed E-state index contributed by atoms with van der Waals surface area (Å²) in [6.07, 6.45) is 9.56. The Hall–Kier alpha value is -1.90. The van der Waals surface area contributed by atoms with Crippen molar-refractivity contribution in [3.8, 4) is 0 Å². The number of benzene rings is 1. The fourth-order valence-corrected chi connectivity index (χ4v) is 2.42. The number of hydrogen-bond acceptors (Lipinski definition) is 2. The molecular weight excluding hydrogens is 212 g/mol. The zero-order valence-electron chi connectivity index (χ0n) is 9.54. The minimum Gasteiger partial charge on any atom is -0.325 e. The van der Waals surface area contributed by atoms with E-state index in [0.717, 1.165) is 18.4 Å². The van der Waals surface area contributed by atoms with Gasteiger partial charge in [0.15, 0.2) is 0 Å². The molecule has 0 spiro atoms. The molecule has 1 atom stereocenters. The quantitative estimate of drug-likeness (QED) is 0.701. The van der Waals surface area contributed by atoms with Gasteiger partial charge in [0.1, 0.15) is 0 Å². The number of allylic oxidation sites excluding steroid dienone is 2. The SMILES string of the molecule is O=c1ncn(C2C=CCCC2)c2ccccc12. The van der Waals surface area contributed by atoms with E-state index in [1.807, 2.05) is 24.3 Å². The Morgan fingerprint density at radius 2 is 2.18 bits per heavy atom. The van der Waals surface area contributed by atoms with Crippen LogP contribution in [0.25, 0.3) is 10.9 Å². The van der Waals surface area contributed by atoms with Crippen LogP contribution in [0.5, 0.6) is 0 Å². The van der Waals surface area contributed by atoms with Crippen LogP contribution in [0.15, 0.2) is 47.5 Å². The van der Waals surface area contributed by atoms with Gasteiger partial charge >= 0.3 is 0 Å². The Bertz CT molecular complexity index is 627. The molecule has 2 aromatic rings. The van der Waals surface area contributed by atoms with Gasteiger partial charge < -0.3 is 4.57 Å². The van der Waals surface area contributed by atoms with E-state index < -0.39 is 0 Å². The zero-order valence-corrected chi connectivity index (χ0v) is 9.54. The molecule has 0 amide bonds. The minimum atomic E-state index is -0.142. The van der Waals surface area contributed by atoms with Crippen molar-refractivity contribution < 1.29 is 0 Å². The van der Waals surface area contributed by atoms with E-state index in [9.17, 15) is 4.79 Å². The zero-order chi connectivity index (χ0) is 11.7. The lowest BCUT2D eigenvalue weighted by Crippen LogP contribution is -2.16. The molecule has 1 aromatic heterocycles. The van der Waals surface area contributed by atoms with E-state index in [4.69, 9.17) is 0 Å². The van der Waals surface area contributed by atoms with Gasteiger partial charge in [0, 0.05) is 0 Å². The second kappa shape index (κ2) is 4.17. The number of para-hydroxylation sites is 1. The van der Waals surface area contributed by atoms with Crippen LogP contribution in [-0.4, -0.2) is 9.55 Å². The summed E-state index contributed by atoms with van der Waals surface area (Å²) in [6.45, 7) is 0. The molecule has 0 bridgehead atoms. The average Bonchev–Trinajstić information content (AvgIpc) is 2.41. The monoisotopic (exact) mass is 226 g/mol. The van der Waals surface area contributed by atoms with Crippen LogP contribution >= 0.6 is 0 Å². The van der Waals surface area contributed by atoms with Crippen LogP contribution < -0.4 is 5.56 Å². The molecule has 17 heavy (non-hydrogen) atoms. The van der Waals surface area contributed by atoms with E-state index in [-0.39, 0.29) is 5.56 Å². The first-order valence-electron chi connectivity index (χ1n) is 5.99. The predicted molar refractivity (Wildman–Crippen MR) is 68.0 cm³/mol. The molecule has 1 aliphatic carbocycles. The van der Waals surface area contributed by atoms with Crippen LogP contribution in [0.3, 0.4) is 0 Å². The molecule has 1 heterocycles. The largest absolute Gasteiger partial charge is 0.325 e. The van der Waals surface area contributed by atoms with E-state index in [1.165, 1.54) is 6.42 Å². The summed E-state index contributed by atoms with van der Waals surface area (Å²) >= 11 is 0. The maximum Gasteiger partial charge on any atom is 0.280 e. The van der Waals surface area contributed by atoms with Crippen molar-refractivity contribution in [3.05, 3.63) is 53.1 Å². The lowest BCUT2D eigenvalue weighted by molar-refractivity contribution is 0.522. The fraction of sp³-hybridized carbons (Fsp3) is 0.286. The molecule has 0 N–H and O–H groups in total. The van der Waals surface area contributed by atoms with Gasteiger partial charge in [-0.3, -0.25) is 4.79 Å². The molecule has 3 rings (SSSR count). The summed E-state index contributed by atoms with van der Waals surface area (Å²) in [5.74, 6) is 0. The van der Waals surface area contributed by atoms with Crippen molar-refractivity contribution in [2.24, 2.45) is 0 Å². The Labute approximate surface area is 99.4 Å². The highest BCUT2D eigenvalue weighted by molar-refractivity contribution is 5.77. The van der Waals surface area contributed by atoms with E-state index >= 15 is 0 Å². The van der Waals surface area contributed by atoms with Gasteiger partial charge in [-0.15, -0.1) is 0 Å². The smallest absolute Gasteiger partial charge is 0.280 e. The number of fused-ring (bicyclic) bond motifs is 1. The Balaban J connectivity index is 2.23. The second-order valence-electron chi connectivity index (χ2n) is 4.40. The third-order valence-electron chi connectivity index (χ3n) is 3.30. The highest BCUT2D eigenvalue weighted by atomic mass is 16.1. The van der Waals surface area contributed by atoms with Gasteiger partial charge in [0.2, 0.25) is 0 Å². The highest BCUT2D eigenvalue weighted by Gasteiger charge is 2.12. The first kappa shape index (κ1) is 10.3. The van der Waals surface area contributed by atoms with Gasteiger partial charge in [-0.1, -0.05) is 24.3 Å². The summed E-state index contributed by atoms with van der Waals surface area (Å²) in [4.78, 5) is 15.6. The van der Waals surface area contributed by atoms with Gasteiger partial charge in [-0.2, -0.15) is 4.98 Å². The summed E-state index contributed by atoms with van der Waals surface area (Å²) in [7, 11) is 0. The lowest BCUT2D eigenvalue weighted by atomic mass is 10.0. The van der Waals surface area contributed by atoms with Gasteiger partial charge in [0.05, 0.1) is 23.3 Å². The first-order chi connectivity index (χ1) is 8.36. The Morgan fingerprint density at radius 3 is 3.00 bits per heavy atom. The standard InChI is InChI=1S/C14H14N2O/c17-14-12-8-4-5-9-13(12)16(10-15-14)11-6-2-1-3-7-11/h2,4-6,8-11H,1,3,7H2. The van der Waals surface area contributed by atoms with E-state index in [2.05, 4.69) is 21.7 Å². The summed E-state index contributed by atoms with van der Waals surface area (Å²) in [5.41, 5.74) is 0.834. The molecule has 1 aliphatic rings. The van der Waals surface area contributed by atoms with Crippen molar-refractivity contribution in [1.29, 1.82) is 0 Å². The van der Waals surface area contributed by atoms with Crippen molar-refractivity contribution in [2.75, 3.05) is 0 Å². The Kier molecular flexibility index (Phi) is 2.52. The molecule has 3 heteroatoms. The van der Waals surface area contributed by atoms with Gasteiger partial charge in [-0.25, -0.2) is 0 Å². The fourth-order valence-electron chi connectivity index (χ4n) is 2.42. The van der Waals surface area contributed by atoms with E-state index in [1.54, 1.807) is 6.33 Å². The molecule has 0 saturated heterocycles. The van der Waals surface area contributed by atoms with Crippen LogP contribution in [-0.2, 0) is 0 Å². The summed E-state index contributed by atoms with van der Waals surface area (Å²) in [5, 5.41) is 0.703. The molecule has 0 radical (unpaired) electrons. The van der Waals surface area contributed by atoms with E-state index in [0.29, 0.717) is 11.4 Å². The Morgan fingerprint density at radius 1 is 1.29 bits per heavy atom. The van der Waals surface area contributed by atoms with Crippen molar-refractivity contribution in [1.82, 2.24) is 9.55 Å². The lowest BCUT2D eigenvalue weighted by Gasteiger charge is -2.21. The first-order valence-corrected chi connectivity index (χ1v) is 5.99. The van der Waals surface area contributed by atoms with Crippen molar-refractivity contribution >= 4 is 10.9 Å². The van der Waals surface area contributed by atoms with Crippen LogP contribution in [0.2, 0.25) is 0 Å². The molecular formula is C14H14N2O. The molecule has 0 aliphatic heterocycles. The van der Waals surface area contributed by atoms with Gasteiger partial charge in [-0.05, 0) is 31.4 Å². The normalized spacial score (nSPS) is 19.6. The van der Waals surface area contributed by atoms with Crippen molar-refractivity contribution in [3.63, 3.8) is 0 Å². The highest BCUT2D eigenvalue weighted by Crippen LogP contribution is 2.24. The third kappa shape index (κ3) is 1.78. The summed E-state index contributed by atoms with van der Waals surface area (Å²) in [6, 6.07) is 8.01. The molecule has 0 saturated carbocycles.